The van der Waals surface area contributed by atoms with E-state index in [-0.39, 0.29) is 17.9 Å². The van der Waals surface area contributed by atoms with Crippen LogP contribution in [0.2, 0.25) is 0 Å². The Hall–Kier alpha value is -1.05. The molecule has 3 rings (SSSR count). The zero-order valence-electron chi connectivity index (χ0n) is 11.7. The first kappa shape index (κ1) is 14.9. The van der Waals surface area contributed by atoms with Crippen molar-refractivity contribution in [3.63, 3.8) is 0 Å². The maximum absolute atomic E-state index is 12.3. The van der Waals surface area contributed by atoms with E-state index in [2.05, 4.69) is 10.6 Å². The van der Waals surface area contributed by atoms with Crippen LogP contribution in [-0.4, -0.2) is 54.0 Å². The molecule has 3 heterocycles. The molecule has 2 atom stereocenters. The van der Waals surface area contributed by atoms with Crippen molar-refractivity contribution in [1.29, 1.82) is 0 Å². The second-order valence-corrected chi connectivity index (χ2v) is 7.28. The molecule has 0 radical (unpaired) electrons. The van der Waals surface area contributed by atoms with E-state index in [0.717, 1.165) is 31.1 Å². The highest BCUT2D eigenvalue weighted by molar-refractivity contribution is 7.99. The van der Waals surface area contributed by atoms with Gasteiger partial charge in [-0.25, -0.2) is 0 Å². The molecule has 21 heavy (non-hydrogen) atoms. The van der Waals surface area contributed by atoms with Crippen LogP contribution in [-0.2, 0) is 4.79 Å². The summed E-state index contributed by atoms with van der Waals surface area (Å²) in [4.78, 5) is 26.1. The summed E-state index contributed by atoms with van der Waals surface area (Å²) < 4.78 is 0. The fraction of sp³-hybridized carbons (Fsp3) is 0.571. The van der Waals surface area contributed by atoms with Gasteiger partial charge in [0.25, 0.3) is 5.91 Å². The van der Waals surface area contributed by atoms with Crippen molar-refractivity contribution in [3.8, 4) is 0 Å². The predicted molar refractivity (Wildman–Crippen MR) is 85.6 cm³/mol. The smallest absolute Gasteiger partial charge is 0.252 e. The third-order valence-corrected chi connectivity index (χ3v) is 5.57. The van der Waals surface area contributed by atoms with Crippen molar-refractivity contribution in [1.82, 2.24) is 15.5 Å². The minimum atomic E-state index is -0.0771. The largest absolute Gasteiger partial charge is 0.352 e. The SMILES string of the molecule is O=C(NC[C@@H]1CN[C@H](C(=O)N2CCSC2)C1)c1ccsc1. The highest BCUT2D eigenvalue weighted by Crippen LogP contribution is 2.20. The van der Waals surface area contributed by atoms with Gasteiger partial charge in [-0.1, -0.05) is 0 Å². The Morgan fingerprint density at radius 1 is 1.48 bits per heavy atom. The summed E-state index contributed by atoms with van der Waals surface area (Å²) in [5.41, 5.74) is 0.715. The van der Waals surface area contributed by atoms with Crippen molar-refractivity contribution >= 4 is 34.9 Å². The van der Waals surface area contributed by atoms with E-state index in [1.807, 2.05) is 21.7 Å². The van der Waals surface area contributed by atoms with Gasteiger partial charge in [-0.05, 0) is 23.8 Å². The average Bonchev–Trinajstić information content (AvgIpc) is 3.26. The molecule has 0 saturated carbocycles. The molecule has 1 aromatic heterocycles. The number of nitrogens with zero attached hydrogens (tertiary/aromatic N) is 1. The van der Waals surface area contributed by atoms with Gasteiger partial charge in [0, 0.05) is 36.3 Å². The number of amides is 2. The number of nitrogens with one attached hydrogen (secondary N) is 2. The van der Waals surface area contributed by atoms with Gasteiger partial charge in [0.15, 0.2) is 0 Å². The summed E-state index contributed by atoms with van der Waals surface area (Å²) in [5, 5.41) is 9.99. The Morgan fingerprint density at radius 3 is 3.10 bits per heavy atom. The quantitative estimate of drug-likeness (QED) is 0.867. The topological polar surface area (TPSA) is 61.4 Å². The number of hydrogen-bond acceptors (Lipinski definition) is 5. The van der Waals surface area contributed by atoms with Gasteiger partial charge in [0.05, 0.1) is 11.9 Å². The Bertz CT molecular complexity index is 500. The fourth-order valence-electron chi connectivity index (χ4n) is 2.69. The molecule has 5 nitrogen and oxygen atoms in total. The summed E-state index contributed by atoms with van der Waals surface area (Å²) in [6, 6.07) is 1.75. The first-order chi connectivity index (χ1) is 10.2. The summed E-state index contributed by atoms with van der Waals surface area (Å²) in [5.74, 6) is 2.38. The first-order valence-corrected chi connectivity index (χ1v) is 9.24. The van der Waals surface area contributed by atoms with E-state index in [4.69, 9.17) is 0 Å². The molecule has 0 bridgehead atoms. The summed E-state index contributed by atoms with van der Waals surface area (Å²) in [7, 11) is 0. The van der Waals surface area contributed by atoms with E-state index in [1.165, 1.54) is 11.3 Å². The molecule has 7 heteroatoms. The van der Waals surface area contributed by atoms with Crippen LogP contribution in [0.4, 0.5) is 0 Å². The molecule has 0 aromatic carbocycles. The lowest BCUT2D eigenvalue weighted by atomic mass is 10.0. The van der Waals surface area contributed by atoms with Gasteiger partial charge >= 0.3 is 0 Å². The molecule has 2 N–H and O–H groups in total. The standard InChI is InChI=1S/C14H19N3O2S2/c18-13(11-1-3-20-8-11)16-7-10-5-12(15-6-10)14(19)17-2-4-21-9-17/h1,3,8,10,12,15H,2,4-7,9H2,(H,16,18)/t10-,12-/m0/s1. The lowest BCUT2D eigenvalue weighted by Crippen LogP contribution is -2.42. The van der Waals surface area contributed by atoms with Gasteiger partial charge in [0.1, 0.15) is 0 Å². The molecule has 2 aliphatic rings. The lowest BCUT2D eigenvalue weighted by Gasteiger charge is -2.19. The molecule has 0 spiro atoms. The first-order valence-electron chi connectivity index (χ1n) is 7.14. The van der Waals surface area contributed by atoms with E-state index in [1.54, 1.807) is 11.8 Å². The van der Waals surface area contributed by atoms with E-state index < -0.39 is 0 Å². The van der Waals surface area contributed by atoms with E-state index in [9.17, 15) is 9.59 Å². The number of thioether (sulfide) groups is 1. The molecule has 0 aliphatic carbocycles. The number of rotatable bonds is 4. The molecule has 0 unspecified atom stereocenters. The fourth-order valence-corrected chi connectivity index (χ4v) is 4.28. The summed E-state index contributed by atoms with van der Waals surface area (Å²) in [6.45, 7) is 2.28. The number of thiophene rings is 1. The zero-order chi connectivity index (χ0) is 14.7. The molecule has 1 aromatic rings. The monoisotopic (exact) mass is 325 g/mol. The highest BCUT2D eigenvalue weighted by Gasteiger charge is 2.33. The van der Waals surface area contributed by atoms with Gasteiger partial charge in [-0.2, -0.15) is 11.3 Å². The third kappa shape index (κ3) is 3.59. The van der Waals surface area contributed by atoms with Crippen LogP contribution in [0, 0.1) is 5.92 Å². The van der Waals surface area contributed by atoms with Gasteiger partial charge < -0.3 is 15.5 Å². The lowest BCUT2D eigenvalue weighted by molar-refractivity contribution is -0.131. The second kappa shape index (κ2) is 6.81. The van der Waals surface area contributed by atoms with Crippen molar-refractivity contribution in [2.24, 2.45) is 5.92 Å². The van der Waals surface area contributed by atoms with Crippen LogP contribution in [0.5, 0.6) is 0 Å². The predicted octanol–water partition coefficient (Wildman–Crippen LogP) is 0.989. The van der Waals surface area contributed by atoms with Crippen molar-refractivity contribution < 1.29 is 9.59 Å². The Labute approximate surface area is 132 Å². The van der Waals surface area contributed by atoms with E-state index in [0.29, 0.717) is 18.0 Å². The van der Waals surface area contributed by atoms with Gasteiger partial charge in [0.2, 0.25) is 5.91 Å². The maximum atomic E-state index is 12.3. The van der Waals surface area contributed by atoms with Crippen molar-refractivity contribution in [3.05, 3.63) is 22.4 Å². The van der Waals surface area contributed by atoms with Gasteiger partial charge in [-0.3, -0.25) is 9.59 Å². The van der Waals surface area contributed by atoms with Crippen LogP contribution in [0.25, 0.3) is 0 Å². The molecule has 2 aliphatic heterocycles. The molecule has 114 valence electrons. The normalized spacial score (nSPS) is 25.2. The molecular formula is C14H19N3O2S2. The minimum absolute atomic E-state index is 0.0260. The van der Waals surface area contributed by atoms with Crippen LogP contribution in [0.15, 0.2) is 16.8 Å². The molecule has 2 fully saturated rings. The average molecular weight is 325 g/mol. The number of hydrogen-bond donors (Lipinski definition) is 2. The maximum Gasteiger partial charge on any atom is 0.252 e. The van der Waals surface area contributed by atoms with E-state index >= 15 is 0 Å². The van der Waals surface area contributed by atoms with Crippen LogP contribution >= 0.6 is 23.1 Å². The highest BCUT2D eigenvalue weighted by atomic mass is 32.2. The van der Waals surface area contributed by atoms with Crippen molar-refractivity contribution in [2.75, 3.05) is 31.3 Å². The molecular weight excluding hydrogens is 306 g/mol. The summed E-state index contributed by atoms with van der Waals surface area (Å²) >= 11 is 3.32. The molecule has 2 saturated heterocycles. The zero-order valence-corrected chi connectivity index (χ0v) is 13.3. The minimum Gasteiger partial charge on any atom is -0.352 e. The van der Waals surface area contributed by atoms with Crippen LogP contribution in [0.1, 0.15) is 16.8 Å². The Balaban J connectivity index is 1.44. The number of carbonyl (C=O) groups is 2. The number of carbonyl (C=O) groups excluding carboxylic acids is 2. The Kier molecular flexibility index (Phi) is 4.82. The molecule has 2 amide bonds. The van der Waals surface area contributed by atoms with Crippen LogP contribution < -0.4 is 10.6 Å². The van der Waals surface area contributed by atoms with Crippen LogP contribution in [0.3, 0.4) is 0 Å². The summed E-state index contributed by atoms with van der Waals surface area (Å²) in [6.07, 6.45) is 0.809. The second-order valence-electron chi connectivity index (χ2n) is 5.42. The van der Waals surface area contributed by atoms with Crippen molar-refractivity contribution in [2.45, 2.75) is 12.5 Å². The Morgan fingerprint density at radius 2 is 2.38 bits per heavy atom. The van der Waals surface area contributed by atoms with Gasteiger partial charge in [-0.15, -0.1) is 11.8 Å². The third-order valence-electron chi connectivity index (χ3n) is 3.92.